The molecule has 0 atom stereocenters. The smallest absolute Gasteiger partial charge is 0.267 e. The molecule has 0 N–H and O–H groups in total. The maximum atomic E-state index is 11.5. The van der Waals surface area contributed by atoms with E-state index in [1.807, 2.05) is 21.1 Å². The number of quaternary nitrogens is 1. The molecule has 0 saturated carbocycles. The average Bonchev–Trinajstić information content (AvgIpc) is 2.14. The van der Waals surface area contributed by atoms with Crippen molar-refractivity contribution in [3.05, 3.63) is 0 Å². The van der Waals surface area contributed by atoms with Crippen molar-refractivity contribution in [2.45, 2.75) is 39.0 Å². The molecule has 0 fully saturated rings. The van der Waals surface area contributed by atoms with Crippen molar-refractivity contribution in [3.63, 3.8) is 0 Å². The quantitative estimate of drug-likeness (QED) is 0.345. The molecular formula is C12H28NO3S+. The van der Waals surface area contributed by atoms with Gasteiger partial charge in [0.2, 0.25) is 0 Å². The number of likely N-dealkylation sites (N-methyl/N-ethyl adjacent to an activating group) is 1. The van der Waals surface area contributed by atoms with E-state index in [1.54, 1.807) is 0 Å². The second-order valence-electron chi connectivity index (χ2n) is 5.51. The third-order valence-corrected chi connectivity index (χ3v) is 3.84. The fourth-order valence-corrected chi connectivity index (χ4v) is 2.38. The molecule has 0 heterocycles. The van der Waals surface area contributed by atoms with E-state index in [2.05, 4.69) is 6.92 Å². The van der Waals surface area contributed by atoms with Gasteiger partial charge in [0.15, 0.2) is 0 Å². The van der Waals surface area contributed by atoms with Crippen molar-refractivity contribution in [2.24, 2.45) is 0 Å². The third kappa shape index (κ3) is 12.1. The molecule has 0 aromatic carbocycles. The summed E-state index contributed by atoms with van der Waals surface area (Å²) in [5.74, 6) is 0.161. The largest absolute Gasteiger partial charge is 0.329 e. The number of unbranched alkanes of at least 4 members (excludes halogenated alkanes) is 4. The van der Waals surface area contributed by atoms with E-state index in [0.29, 0.717) is 17.4 Å². The molecular weight excluding hydrogens is 238 g/mol. The number of hydrogen-bond acceptors (Lipinski definition) is 3. The molecule has 0 bridgehead atoms. The Morgan fingerprint density at radius 1 is 1.00 bits per heavy atom. The van der Waals surface area contributed by atoms with Crippen LogP contribution in [0.1, 0.15) is 39.0 Å². The van der Waals surface area contributed by atoms with E-state index in [0.717, 1.165) is 12.8 Å². The minimum Gasteiger partial charge on any atom is -0.329 e. The van der Waals surface area contributed by atoms with Crippen molar-refractivity contribution < 1.29 is 17.1 Å². The van der Waals surface area contributed by atoms with Crippen LogP contribution in [0.3, 0.4) is 0 Å². The Bertz CT molecular complexity index is 281. The summed E-state index contributed by atoms with van der Waals surface area (Å²) in [5.41, 5.74) is 0. The van der Waals surface area contributed by atoms with E-state index >= 15 is 0 Å². The molecule has 0 rings (SSSR count). The van der Waals surface area contributed by atoms with Gasteiger partial charge < -0.3 is 4.48 Å². The highest BCUT2D eigenvalue weighted by atomic mass is 32.2. The fourth-order valence-electron chi connectivity index (χ4n) is 1.38. The predicted octanol–water partition coefficient (Wildman–Crippen LogP) is 2.01. The minimum atomic E-state index is -3.30. The van der Waals surface area contributed by atoms with Crippen molar-refractivity contribution >= 4 is 10.1 Å². The standard InChI is InChI=1S/C12H28NO3S/c1-5-6-7-8-9-12-17(14,15)16-11-10-13(2,3)4/h5-12H2,1-4H3/q+1. The molecule has 0 amide bonds. The molecule has 17 heavy (non-hydrogen) atoms. The van der Waals surface area contributed by atoms with E-state index in [4.69, 9.17) is 4.18 Å². The predicted molar refractivity (Wildman–Crippen MR) is 71.4 cm³/mol. The van der Waals surface area contributed by atoms with E-state index < -0.39 is 10.1 Å². The van der Waals surface area contributed by atoms with Crippen LogP contribution in [0.15, 0.2) is 0 Å². The zero-order valence-electron chi connectivity index (χ0n) is 11.7. The first-order chi connectivity index (χ1) is 7.77. The monoisotopic (exact) mass is 266 g/mol. The Morgan fingerprint density at radius 2 is 1.59 bits per heavy atom. The van der Waals surface area contributed by atoms with E-state index in [-0.39, 0.29) is 12.4 Å². The van der Waals surface area contributed by atoms with E-state index in [9.17, 15) is 8.42 Å². The highest BCUT2D eigenvalue weighted by Gasteiger charge is 2.13. The molecule has 5 heteroatoms. The molecule has 0 aliphatic heterocycles. The van der Waals surface area contributed by atoms with Crippen LogP contribution in [0.4, 0.5) is 0 Å². The minimum absolute atomic E-state index is 0.161. The summed E-state index contributed by atoms with van der Waals surface area (Å²) in [6.07, 6.45) is 5.17. The molecule has 0 aromatic rings. The second-order valence-corrected chi connectivity index (χ2v) is 7.27. The van der Waals surface area contributed by atoms with Gasteiger partial charge in [-0.25, -0.2) is 0 Å². The highest BCUT2D eigenvalue weighted by Crippen LogP contribution is 2.06. The maximum Gasteiger partial charge on any atom is 0.267 e. The summed E-state index contributed by atoms with van der Waals surface area (Å²) >= 11 is 0. The van der Waals surface area contributed by atoms with Gasteiger partial charge in [0.05, 0.1) is 26.9 Å². The van der Waals surface area contributed by atoms with Gasteiger partial charge >= 0.3 is 0 Å². The van der Waals surface area contributed by atoms with Crippen LogP contribution >= 0.6 is 0 Å². The molecule has 0 unspecified atom stereocenters. The molecule has 4 nitrogen and oxygen atoms in total. The van der Waals surface area contributed by atoms with Gasteiger partial charge in [-0.2, -0.15) is 8.42 Å². The first kappa shape index (κ1) is 16.9. The lowest BCUT2D eigenvalue weighted by Gasteiger charge is -2.23. The topological polar surface area (TPSA) is 43.4 Å². The van der Waals surface area contributed by atoms with E-state index in [1.165, 1.54) is 12.8 Å². The lowest BCUT2D eigenvalue weighted by atomic mass is 10.2. The molecule has 0 saturated heterocycles. The molecule has 104 valence electrons. The van der Waals surface area contributed by atoms with Gasteiger partial charge in [0.1, 0.15) is 13.2 Å². The Labute approximate surface area is 107 Å². The van der Waals surface area contributed by atoms with Gasteiger partial charge in [-0.3, -0.25) is 4.18 Å². The van der Waals surface area contributed by atoms with Crippen LogP contribution in [0.25, 0.3) is 0 Å². The molecule has 0 aliphatic carbocycles. The summed E-state index contributed by atoms with van der Waals surface area (Å²) in [6, 6.07) is 0. The first-order valence-corrected chi connectivity index (χ1v) is 8.02. The van der Waals surface area contributed by atoms with Crippen LogP contribution in [0.5, 0.6) is 0 Å². The van der Waals surface area contributed by atoms with Crippen molar-refractivity contribution in [2.75, 3.05) is 40.0 Å². The molecule has 0 radical (unpaired) electrons. The van der Waals surface area contributed by atoms with Crippen LogP contribution in [0.2, 0.25) is 0 Å². The SMILES string of the molecule is CCCCCCCS(=O)(=O)OCC[N+](C)(C)C. The zero-order chi connectivity index (χ0) is 13.4. The van der Waals surface area contributed by atoms with Gasteiger partial charge in [0, 0.05) is 0 Å². The summed E-state index contributed by atoms with van der Waals surface area (Å²) in [4.78, 5) is 0. The van der Waals surface area contributed by atoms with Gasteiger partial charge in [0.25, 0.3) is 10.1 Å². The number of hydrogen-bond donors (Lipinski definition) is 0. The lowest BCUT2D eigenvalue weighted by molar-refractivity contribution is -0.870. The van der Waals surface area contributed by atoms with Crippen molar-refractivity contribution in [3.8, 4) is 0 Å². The third-order valence-electron chi connectivity index (χ3n) is 2.52. The highest BCUT2D eigenvalue weighted by molar-refractivity contribution is 7.86. The van der Waals surface area contributed by atoms with Crippen LogP contribution in [-0.4, -0.2) is 52.9 Å². The Kier molecular flexibility index (Phi) is 8.00. The Morgan fingerprint density at radius 3 is 2.12 bits per heavy atom. The summed E-state index contributed by atoms with van der Waals surface area (Å²) in [7, 11) is 2.74. The van der Waals surface area contributed by atoms with Crippen LogP contribution < -0.4 is 0 Å². The summed E-state index contributed by atoms with van der Waals surface area (Å²) in [6.45, 7) is 3.13. The second kappa shape index (κ2) is 8.06. The fraction of sp³-hybridized carbons (Fsp3) is 1.00. The van der Waals surface area contributed by atoms with Gasteiger partial charge in [-0.1, -0.05) is 32.6 Å². The maximum absolute atomic E-state index is 11.5. The van der Waals surface area contributed by atoms with Gasteiger partial charge in [-0.15, -0.1) is 0 Å². The van der Waals surface area contributed by atoms with Crippen LogP contribution in [-0.2, 0) is 14.3 Å². The number of nitrogens with zero attached hydrogens (tertiary/aromatic N) is 1. The van der Waals surface area contributed by atoms with Crippen molar-refractivity contribution in [1.82, 2.24) is 0 Å². The zero-order valence-corrected chi connectivity index (χ0v) is 12.6. The van der Waals surface area contributed by atoms with Gasteiger partial charge in [-0.05, 0) is 6.42 Å². The Hall–Kier alpha value is -0.130. The average molecular weight is 266 g/mol. The first-order valence-electron chi connectivity index (χ1n) is 6.44. The summed E-state index contributed by atoms with van der Waals surface area (Å²) in [5, 5.41) is 0. The lowest BCUT2D eigenvalue weighted by Crippen LogP contribution is -2.38. The molecule has 0 spiro atoms. The Balaban J connectivity index is 3.67. The normalized spacial score (nSPS) is 12.9. The summed E-state index contributed by atoms with van der Waals surface area (Å²) < 4.78 is 28.7. The molecule has 0 aliphatic rings. The molecule has 0 aromatic heterocycles. The van der Waals surface area contributed by atoms with Crippen molar-refractivity contribution in [1.29, 1.82) is 0 Å². The van der Waals surface area contributed by atoms with Crippen LogP contribution in [0, 0.1) is 0 Å². The number of rotatable bonds is 10.